The molecule has 0 saturated carbocycles. The molecule has 0 radical (unpaired) electrons. The lowest BCUT2D eigenvalue weighted by molar-refractivity contribution is 1.34. The third kappa shape index (κ3) is 0.573. The smallest absolute Gasteiger partial charge is 0.102 e. The lowest BCUT2D eigenvalue weighted by Crippen LogP contribution is -1.99. The fraction of sp³-hybridized carbons (Fsp3) is 0. The Balaban J connectivity index is 2.99. The summed E-state index contributed by atoms with van der Waals surface area (Å²) in [7, 11) is 0. The first kappa shape index (κ1) is 6.08. The Morgan fingerprint density at radius 3 is 2.10 bits per heavy atom. The van der Waals surface area contributed by atoms with E-state index in [1.807, 2.05) is 0 Å². The van der Waals surface area contributed by atoms with E-state index >= 15 is 0 Å². The number of hydrogen-bond acceptors (Lipinski definition) is 3. The first-order valence-electron chi connectivity index (χ1n) is 2.50. The van der Waals surface area contributed by atoms with Crippen LogP contribution < -0.4 is 0 Å². The van der Waals surface area contributed by atoms with Crippen molar-refractivity contribution in [3.05, 3.63) is 22.8 Å². The molecule has 3 heteroatoms. The van der Waals surface area contributed by atoms with Gasteiger partial charge in [-0.3, -0.25) is 0 Å². The van der Waals surface area contributed by atoms with Crippen LogP contribution in [0.2, 0.25) is 0 Å². The summed E-state index contributed by atoms with van der Waals surface area (Å²) in [6, 6.07) is 5.36. The fourth-order valence-corrected chi connectivity index (χ4v) is 0.653. The topological polar surface area (TPSA) is 71.4 Å². The maximum absolute atomic E-state index is 8.34. The highest BCUT2D eigenvalue weighted by Crippen LogP contribution is 2.24. The zero-order valence-electron chi connectivity index (χ0n) is 4.92. The van der Waals surface area contributed by atoms with Crippen LogP contribution in [0.15, 0.2) is 22.8 Å². The molecule has 0 saturated heterocycles. The molecule has 0 N–H and O–H groups in total. The Morgan fingerprint density at radius 1 is 1.00 bits per heavy atom. The predicted octanol–water partition coefficient (Wildman–Crippen LogP) is 0.794. The van der Waals surface area contributed by atoms with E-state index < -0.39 is 0 Å². The molecule has 0 heterocycles. The van der Waals surface area contributed by atoms with Gasteiger partial charge < -0.3 is 0 Å². The lowest BCUT2D eigenvalue weighted by atomic mass is 9.91. The maximum Gasteiger partial charge on any atom is 0.102 e. The van der Waals surface area contributed by atoms with Crippen LogP contribution in [-0.2, 0) is 0 Å². The summed E-state index contributed by atoms with van der Waals surface area (Å²) in [5, 5.41) is 24.9. The van der Waals surface area contributed by atoms with Crippen LogP contribution in [0.25, 0.3) is 0 Å². The Labute approximate surface area is 57.7 Å². The van der Waals surface area contributed by atoms with Crippen LogP contribution in [0.1, 0.15) is 0 Å². The zero-order valence-corrected chi connectivity index (χ0v) is 4.92. The van der Waals surface area contributed by atoms with Crippen molar-refractivity contribution >= 4 is 0 Å². The fourth-order valence-electron chi connectivity index (χ4n) is 0.653. The zero-order chi connectivity index (χ0) is 7.56. The average Bonchev–Trinajstić information content (AvgIpc) is 1.89. The van der Waals surface area contributed by atoms with Gasteiger partial charge in [-0.05, 0) is 6.08 Å². The van der Waals surface area contributed by atoms with Crippen LogP contribution in [0, 0.1) is 34.0 Å². The number of rotatable bonds is 0. The Hall–Kier alpha value is -2.05. The molecule has 10 heavy (non-hydrogen) atoms. The summed E-state index contributed by atoms with van der Waals surface area (Å²) in [5.74, 6) is 0. The molecule has 1 aliphatic carbocycles. The Morgan fingerprint density at radius 2 is 1.70 bits per heavy atom. The van der Waals surface area contributed by atoms with Crippen molar-refractivity contribution in [1.82, 2.24) is 0 Å². The maximum atomic E-state index is 8.34. The molecule has 0 atom stereocenters. The van der Waals surface area contributed by atoms with Gasteiger partial charge in [-0.15, -0.1) is 0 Å². The highest BCUT2D eigenvalue weighted by molar-refractivity contribution is 5.69. The minimum Gasteiger partial charge on any atom is -0.192 e. The van der Waals surface area contributed by atoms with Gasteiger partial charge >= 0.3 is 0 Å². The standard InChI is InChI=1S/C7HN3/c8-2-5-1-6(3-9)7(5)4-10/h1H. The molecule has 1 rings (SSSR count). The largest absolute Gasteiger partial charge is 0.192 e. The quantitative estimate of drug-likeness (QED) is 0.483. The van der Waals surface area contributed by atoms with E-state index in [1.54, 1.807) is 18.2 Å². The molecular weight excluding hydrogens is 126 g/mol. The molecule has 44 valence electrons. The molecule has 0 bridgehead atoms. The third-order valence-corrected chi connectivity index (χ3v) is 1.18. The summed E-state index contributed by atoms with van der Waals surface area (Å²) in [6.45, 7) is 0. The van der Waals surface area contributed by atoms with Crippen molar-refractivity contribution < 1.29 is 0 Å². The summed E-state index contributed by atoms with van der Waals surface area (Å²) >= 11 is 0. The Bertz CT molecular complexity index is 352. The van der Waals surface area contributed by atoms with Crippen molar-refractivity contribution in [3.63, 3.8) is 0 Å². The first-order chi connectivity index (χ1) is 4.83. The van der Waals surface area contributed by atoms with E-state index in [-0.39, 0.29) is 5.57 Å². The van der Waals surface area contributed by atoms with Gasteiger partial charge in [0.25, 0.3) is 0 Å². The van der Waals surface area contributed by atoms with Crippen LogP contribution in [0.5, 0.6) is 0 Å². The second-order valence-electron chi connectivity index (χ2n) is 1.68. The summed E-state index contributed by atoms with van der Waals surface area (Å²) in [6.07, 6.45) is 1.40. The summed E-state index contributed by atoms with van der Waals surface area (Å²) in [4.78, 5) is 0. The second-order valence-corrected chi connectivity index (χ2v) is 1.68. The van der Waals surface area contributed by atoms with Crippen LogP contribution in [-0.4, -0.2) is 0 Å². The summed E-state index contributed by atoms with van der Waals surface area (Å²) < 4.78 is 0. The number of nitrogens with zero attached hydrogens (tertiary/aromatic N) is 3. The molecule has 0 aliphatic heterocycles. The van der Waals surface area contributed by atoms with Gasteiger partial charge in [-0.1, -0.05) is 0 Å². The van der Waals surface area contributed by atoms with E-state index in [9.17, 15) is 0 Å². The third-order valence-electron chi connectivity index (χ3n) is 1.18. The van der Waals surface area contributed by atoms with E-state index in [0.29, 0.717) is 11.1 Å². The second kappa shape index (κ2) is 2.05. The van der Waals surface area contributed by atoms with E-state index in [0.717, 1.165) is 0 Å². The highest BCUT2D eigenvalue weighted by atomic mass is 14.3. The minimum absolute atomic E-state index is 0.213. The minimum atomic E-state index is 0.213. The van der Waals surface area contributed by atoms with Gasteiger partial charge in [0, 0.05) is 0 Å². The molecule has 0 aromatic rings. The van der Waals surface area contributed by atoms with Crippen molar-refractivity contribution in [1.29, 1.82) is 15.8 Å². The van der Waals surface area contributed by atoms with E-state index in [2.05, 4.69) is 0 Å². The van der Waals surface area contributed by atoms with Crippen LogP contribution in [0.4, 0.5) is 0 Å². The molecule has 0 fully saturated rings. The van der Waals surface area contributed by atoms with Gasteiger partial charge in [0.15, 0.2) is 0 Å². The molecule has 3 nitrogen and oxygen atoms in total. The molecule has 0 aromatic carbocycles. The normalized spacial score (nSPS) is 13.9. The number of nitriles is 3. The molecule has 0 unspecified atom stereocenters. The molecule has 0 spiro atoms. The summed E-state index contributed by atoms with van der Waals surface area (Å²) in [5.41, 5.74) is 0.822. The highest BCUT2D eigenvalue weighted by Gasteiger charge is 2.18. The van der Waals surface area contributed by atoms with Crippen molar-refractivity contribution in [2.75, 3.05) is 0 Å². The van der Waals surface area contributed by atoms with Crippen molar-refractivity contribution in [3.8, 4) is 18.2 Å². The Kier molecular flexibility index (Phi) is 1.25. The van der Waals surface area contributed by atoms with Gasteiger partial charge in [0.1, 0.15) is 18.2 Å². The van der Waals surface area contributed by atoms with E-state index in [4.69, 9.17) is 15.8 Å². The molecule has 1 aliphatic rings. The van der Waals surface area contributed by atoms with Gasteiger partial charge in [-0.25, -0.2) is 0 Å². The number of hydrogen-bond donors (Lipinski definition) is 0. The SMILES string of the molecule is N#CC1=CC(C#N)=C1C#N. The predicted molar refractivity (Wildman–Crippen MR) is 31.9 cm³/mol. The van der Waals surface area contributed by atoms with E-state index in [1.165, 1.54) is 6.08 Å². The molecule has 0 aromatic heterocycles. The van der Waals surface area contributed by atoms with Crippen LogP contribution in [0.3, 0.4) is 0 Å². The number of allylic oxidation sites excluding steroid dienone is 4. The van der Waals surface area contributed by atoms with Crippen molar-refractivity contribution in [2.45, 2.75) is 0 Å². The van der Waals surface area contributed by atoms with Crippen LogP contribution >= 0.6 is 0 Å². The van der Waals surface area contributed by atoms with Gasteiger partial charge in [0.05, 0.1) is 16.7 Å². The average molecular weight is 127 g/mol. The lowest BCUT2D eigenvalue weighted by Gasteiger charge is -2.05. The first-order valence-corrected chi connectivity index (χ1v) is 2.50. The molecule has 0 amide bonds. The van der Waals surface area contributed by atoms with Gasteiger partial charge in [-0.2, -0.15) is 15.8 Å². The monoisotopic (exact) mass is 127 g/mol. The van der Waals surface area contributed by atoms with Gasteiger partial charge in [0.2, 0.25) is 0 Å². The van der Waals surface area contributed by atoms with Crippen molar-refractivity contribution in [2.24, 2.45) is 0 Å². The molecular formula is C7HN3.